The van der Waals surface area contributed by atoms with Gasteiger partial charge in [-0.1, -0.05) is 120 Å². The number of hydrogen-bond donors (Lipinski definition) is 1. The highest BCUT2D eigenvalue weighted by molar-refractivity contribution is 7.07. The zero-order valence-corrected chi connectivity index (χ0v) is 29.1. The first kappa shape index (κ1) is 36.8. The van der Waals surface area contributed by atoms with Crippen LogP contribution in [0.15, 0.2) is 53.4 Å². The minimum atomic E-state index is -0.0580. The number of unbranched alkanes of at least 4 members (excludes halogenated alkanes) is 13. The summed E-state index contributed by atoms with van der Waals surface area (Å²) < 4.78 is 13.8. The first-order valence-corrected chi connectivity index (χ1v) is 17.1. The zero-order chi connectivity index (χ0) is 29.8. The molecular formula is C36H53BrN2O3S. The summed E-state index contributed by atoms with van der Waals surface area (Å²) in [6, 6.07) is 13.8. The molecule has 1 N–H and O–H groups in total. The Morgan fingerprint density at radius 1 is 0.837 bits per heavy atom. The molecule has 3 rings (SSSR count). The van der Waals surface area contributed by atoms with E-state index in [1.54, 1.807) is 18.4 Å². The average molecular weight is 674 g/mol. The lowest BCUT2D eigenvalue weighted by Gasteiger charge is -2.13. The van der Waals surface area contributed by atoms with Crippen molar-refractivity contribution in [1.82, 2.24) is 0 Å². The summed E-state index contributed by atoms with van der Waals surface area (Å²) in [7, 11) is 1.65. The number of carbonyl (C=O) groups excluding carboxylic acids is 1. The van der Waals surface area contributed by atoms with E-state index in [1.165, 1.54) is 94.7 Å². The largest absolute Gasteiger partial charge is 1.00 e. The van der Waals surface area contributed by atoms with E-state index in [9.17, 15) is 4.79 Å². The van der Waals surface area contributed by atoms with Crippen molar-refractivity contribution in [2.24, 2.45) is 0 Å². The number of methoxy groups -OCH3 is 1. The summed E-state index contributed by atoms with van der Waals surface area (Å²) in [6.07, 6.45) is 19.0. The number of anilines is 1. The van der Waals surface area contributed by atoms with Crippen molar-refractivity contribution in [3.05, 3.63) is 70.2 Å². The van der Waals surface area contributed by atoms with Crippen molar-refractivity contribution in [3.8, 4) is 11.5 Å². The second-order valence-corrected chi connectivity index (χ2v) is 12.2. The summed E-state index contributed by atoms with van der Waals surface area (Å²) >= 11 is 1.70. The van der Waals surface area contributed by atoms with Crippen LogP contribution < -0.4 is 36.3 Å². The zero-order valence-electron chi connectivity index (χ0n) is 26.7. The van der Waals surface area contributed by atoms with Gasteiger partial charge in [-0.15, -0.1) is 0 Å². The Morgan fingerprint density at radius 2 is 1.44 bits per heavy atom. The maximum Gasteiger partial charge on any atom is 0.228 e. The van der Waals surface area contributed by atoms with Crippen LogP contribution in [-0.2, 0) is 17.8 Å². The minimum Gasteiger partial charge on any atom is -1.00 e. The van der Waals surface area contributed by atoms with Crippen molar-refractivity contribution < 1.29 is 35.8 Å². The summed E-state index contributed by atoms with van der Waals surface area (Å²) in [5.74, 6) is 1.42. The van der Waals surface area contributed by atoms with Crippen LogP contribution in [0.5, 0.6) is 11.5 Å². The fourth-order valence-electron chi connectivity index (χ4n) is 5.20. The predicted molar refractivity (Wildman–Crippen MR) is 176 cm³/mol. The van der Waals surface area contributed by atoms with Crippen molar-refractivity contribution in [1.29, 1.82) is 0 Å². The van der Waals surface area contributed by atoms with Crippen LogP contribution in [0.2, 0.25) is 0 Å². The lowest BCUT2D eigenvalue weighted by atomic mass is 10.0. The van der Waals surface area contributed by atoms with Gasteiger partial charge in [0, 0.05) is 29.8 Å². The van der Waals surface area contributed by atoms with Gasteiger partial charge >= 0.3 is 0 Å². The monoisotopic (exact) mass is 672 g/mol. The fraction of sp³-hybridized carbons (Fsp3) is 0.556. The first-order chi connectivity index (χ1) is 20.6. The third kappa shape index (κ3) is 14.8. The van der Waals surface area contributed by atoms with Gasteiger partial charge in [0.05, 0.1) is 25.5 Å². The van der Waals surface area contributed by atoms with Crippen LogP contribution in [0.3, 0.4) is 0 Å². The predicted octanol–water partition coefficient (Wildman–Crippen LogP) is 6.45. The molecule has 0 aliphatic carbocycles. The number of aryl methyl sites for hydroxylation is 1. The summed E-state index contributed by atoms with van der Waals surface area (Å²) in [5, 5.41) is 5.18. The molecule has 0 spiro atoms. The van der Waals surface area contributed by atoms with E-state index in [0.29, 0.717) is 6.61 Å². The third-order valence-corrected chi connectivity index (χ3v) is 8.70. The molecule has 0 saturated heterocycles. The maximum absolute atomic E-state index is 12.9. The van der Waals surface area contributed by atoms with Crippen molar-refractivity contribution >= 4 is 22.9 Å². The lowest BCUT2D eigenvalue weighted by Crippen LogP contribution is -3.00. The number of halogens is 1. The Kier molecular flexibility index (Phi) is 19.0. The van der Waals surface area contributed by atoms with E-state index in [2.05, 4.69) is 46.8 Å². The van der Waals surface area contributed by atoms with Gasteiger partial charge < -0.3 is 31.8 Å². The first-order valence-electron chi connectivity index (χ1n) is 16.2. The number of amides is 1. The van der Waals surface area contributed by atoms with Crippen LogP contribution in [0.4, 0.5) is 5.69 Å². The normalized spacial score (nSPS) is 10.8. The van der Waals surface area contributed by atoms with Gasteiger partial charge in [-0.2, -0.15) is 4.57 Å². The van der Waals surface area contributed by atoms with E-state index in [-0.39, 0.29) is 29.3 Å². The van der Waals surface area contributed by atoms with Crippen LogP contribution in [-0.4, -0.2) is 19.6 Å². The van der Waals surface area contributed by atoms with Crippen LogP contribution in [0, 0.1) is 6.92 Å². The Bertz CT molecular complexity index is 1170. The van der Waals surface area contributed by atoms with Crippen LogP contribution in [0.1, 0.15) is 114 Å². The topological polar surface area (TPSA) is 51.4 Å². The standard InChI is InChI=1S/C36H52N2O3S.BrH/c1-4-5-6-7-8-9-10-11-12-13-14-15-16-17-24-41-35-26-34(40-3)23-20-32(35)25-36(39)37-33-21-18-31(19-22-33)27-38-29-42-28-30(38)2;/h18-23,26,28-29H,4-17,24-25,27H2,1-3H3;1H. The Balaban J connectivity index is 0.00000645. The number of nitrogens with zero attached hydrogens (tertiary/aromatic N) is 1. The van der Waals surface area contributed by atoms with Gasteiger partial charge in [-0.25, -0.2) is 0 Å². The molecular weight excluding hydrogens is 620 g/mol. The molecule has 0 radical (unpaired) electrons. The summed E-state index contributed by atoms with van der Waals surface area (Å²) in [4.78, 5) is 12.9. The molecule has 0 aliphatic heterocycles. The van der Waals surface area contributed by atoms with Gasteiger partial charge in [0.2, 0.25) is 11.4 Å². The number of rotatable bonds is 22. The molecule has 0 unspecified atom stereocenters. The maximum atomic E-state index is 12.9. The van der Waals surface area contributed by atoms with Crippen LogP contribution in [0.25, 0.3) is 0 Å². The molecule has 0 saturated carbocycles. The Hall–Kier alpha value is -2.38. The van der Waals surface area contributed by atoms with Gasteiger partial charge in [0.1, 0.15) is 11.5 Å². The van der Waals surface area contributed by atoms with Crippen molar-refractivity contribution in [2.75, 3.05) is 19.0 Å². The molecule has 1 amide bonds. The molecule has 238 valence electrons. The molecule has 3 aromatic rings. The molecule has 7 heteroatoms. The molecule has 0 bridgehead atoms. The number of nitrogens with one attached hydrogen (secondary N) is 1. The number of hydrogen-bond acceptors (Lipinski definition) is 4. The molecule has 0 fully saturated rings. The number of ether oxygens (including phenoxy) is 2. The highest BCUT2D eigenvalue weighted by atomic mass is 79.9. The highest BCUT2D eigenvalue weighted by Gasteiger charge is 2.12. The molecule has 2 aromatic carbocycles. The van der Waals surface area contributed by atoms with Gasteiger partial charge in [-0.3, -0.25) is 4.79 Å². The average Bonchev–Trinajstić information content (AvgIpc) is 3.40. The smallest absolute Gasteiger partial charge is 0.228 e. The SMILES string of the molecule is CCCCCCCCCCCCCCCCOc1cc(OC)ccc1CC(=O)Nc1ccc(C[n+]2cscc2C)cc1.[Br-]. The highest BCUT2D eigenvalue weighted by Crippen LogP contribution is 2.26. The Labute approximate surface area is 275 Å². The minimum absolute atomic E-state index is 0. The molecule has 0 atom stereocenters. The number of benzene rings is 2. The summed E-state index contributed by atoms with van der Waals surface area (Å²) in [6.45, 7) is 5.88. The number of carbonyl (C=O) groups is 1. The molecule has 43 heavy (non-hydrogen) atoms. The number of thiazole rings is 1. The van der Waals surface area contributed by atoms with E-state index in [1.807, 2.05) is 30.3 Å². The molecule has 1 heterocycles. The fourth-order valence-corrected chi connectivity index (χ4v) is 5.99. The molecule has 1 aromatic heterocycles. The number of aromatic nitrogens is 1. The third-order valence-electron chi connectivity index (χ3n) is 7.85. The van der Waals surface area contributed by atoms with Gasteiger partial charge in [-0.05, 0) is 24.6 Å². The Morgan fingerprint density at radius 3 is 2.00 bits per heavy atom. The van der Waals surface area contributed by atoms with Crippen molar-refractivity contribution in [3.63, 3.8) is 0 Å². The quantitative estimate of drug-likeness (QED) is 0.0987. The molecule has 0 aliphatic rings. The van der Waals surface area contributed by atoms with Gasteiger partial charge in [0.15, 0.2) is 12.2 Å². The van der Waals surface area contributed by atoms with E-state index < -0.39 is 0 Å². The van der Waals surface area contributed by atoms with Crippen LogP contribution >= 0.6 is 11.3 Å². The van der Waals surface area contributed by atoms with E-state index >= 15 is 0 Å². The second-order valence-electron chi connectivity index (χ2n) is 11.5. The second kappa shape index (κ2) is 22.2. The van der Waals surface area contributed by atoms with Crippen molar-refractivity contribution in [2.45, 2.75) is 117 Å². The van der Waals surface area contributed by atoms with E-state index in [0.717, 1.165) is 35.7 Å². The summed E-state index contributed by atoms with van der Waals surface area (Å²) in [5.41, 5.74) is 6.25. The van der Waals surface area contributed by atoms with E-state index in [4.69, 9.17) is 9.47 Å². The molecule has 5 nitrogen and oxygen atoms in total. The van der Waals surface area contributed by atoms with Gasteiger partial charge in [0.25, 0.3) is 0 Å². The lowest BCUT2D eigenvalue weighted by molar-refractivity contribution is -0.689.